The molecule has 0 atom stereocenters. The van der Waals surface area contributed by atoms with E-state index in [1.165, 1.54) is 0 Å². The molecule has 2 rings (SSSR count). The highest BCUT2D eigenvalue weighted by Crippen LogP contribution is 2.19. The summed E-state index contributed by atoms with van der Waals surface area (Å²) in [6.45, 7) is 1.83. The van der Waals surface area contributed by atoms with Crippen molar-refractivity contribution in [2.45, 2.75) is 6.92 Å². The van der Waals surface area contributed by atoms with Gasteiger partial charge in [0.25, 0.3) is 5.91 Å². The number of hydrogen-bond acceptors (Lipinski definition) is 3. The molecule has 4 nitrogen and oxygen atoms in total. The molecule has 4 heteroatoms. The molecule has 0 saturated carbocycles. The van der Waals surface area contributed by atoms with Crippen LogP contribution < -0.4 is 11.1 Å². The van der Waals surface area contributed by atoms with E-state index in [1.54, 1.807) is 36.4 Å². The molecule has 0 bridgehead atoms. The molecule has 0 fully saturated rings. The summed E-state index contributed by atoms with van der Waals surface area (Å²) in [5.41, 5.74) is 8.43. The van der Waals surface area contributed by atoms with Crippen molar-refractivity contribution in [2.75, 3.05) is 11.1 Å². The molecular formula is C15H13N3O. The number of anilines is 2. The van der Waals surface area contributed by atoms with E-state index in [0.717, 1.165) is 5.56 Å². The summed E-state index contributed by atoms with van der Waals surface area (Å²) in [4.78, 5) is 12.1. The molecule has 0 aliphatic heterocycles. The first-order valence-electron chi connectivity index (χ1n) is 5.78. The van der Waals surface area contributed by atoms with E-state index in [2.05, 4.69) is 11.4 Å². The highest BCUT2D eigenvalue weighted by Gasteiger charge is 2.10. The molecular weight excluding hydrogens is 238 g/mol. The monoisotopic (exact) mass is 251 g/mol. The Labute approximate surface area is 111 Å². The highest BCUT2D eigenvalue weighted by molar-refractivity contribution is 6.05. The van der Waals surface area contributed by atoms with Gasteiger partial charge in [-0.1, -0.05) is 18.2 Å². The van der Waals surface area contributed by atoms with Crippen LogP contribution in [0.25, 0.3) is 0 Å². The number of nitrogen functional groups attached to an aromatic ring is 1. The topological polar surface area (TPSA) is 78.9 Å². The molecule has 0 radical (unpaired) electrons. The van der Waals surface area contributed by atoms with Crippen LogP contribution in [0.5, 0.6) is 0 Å². The Morgan fingerprint density at radius 2 is 2.00 bits per heavy atom. The second kappa shape index (κ2) is 5.23. The lowest BCUT2D eigenvalue weighted by Crippen LogP contribution is -2.13. The van der Waals surface area contributed by atoms with Crippen molar-refractivity contribution in [2.24, 2.45) is 0 Å². The predicted octanol–water partition coefficient (Wildman–Crippen LogP) is 2.70. The molecule has 94 valence electrons. The van der Waals surface area contributed by atoms with Gasteiger partial charge in [0.15, 0.2) is 0 Å². The lowest BCUT2D eigenvalue weighted by molar-refractivity contribution is 0.102. The highest BCUT2D eigenvalue weighted by atomic mass is 16.1. The Morgan fingerprint density at radius 1 is 1.26 bits per heavy atom. The minimum absolute atomic E-state index is 0.283. The quantitative estimate of drug-likeness (QED) is 0.805. The third-order valence-electron chi connectivity index (χ3n) is 2.78. The Kier molecular flexibility index (Phi) is 3.48. The van der Waals surface area contributed by atoms with E-state index >= 15 is 0 Å². The number of nitriles is 1. The van der Waals surface area contributed by atoms with E-state index in [1.807, 2.05) is 13.0 Å². The maximum Gasteiger partial charge on any atom is 0.255 e. The van der Waals surface area contributed by atoms with Crippen molar-refractivity contribution in [3.63, 3.8) is 0 Å². The molecule has 0 aromatic heterocycles. The number of aryl methyl sites for hydroxylation is 1. The van der Waals surface area contributed by atoms with Crippen LogP contribution in [0.1, 0.15) is 21.5 Å². The lowest BCUT2D eigenvalue weighted by Gasteiger charge is -2.09. The Balaban J connectivity index is 2.30. The third-order valence-corrected chi connectivity index (χ3v) is 2.78. The van der Waals surface area contributed by atoms with E-state index in [9.17, 15) is 4.79 Å². The molecule has 2 aromatic carbocycles. The Hall–Kier alpha value is -2.80. The molecule has 0 aliphatic carbocycles. The molecule has 0 unspecified atom stereocenters. The standard InChI is InChI=1S/C15H13N3O/c1-10-4-2-7-14(13(10)9-16)18-15(19)11-5-3-6-12(17)8-11/h2-8H,17H2,1H3,(H,18,19). The first-order valence-corrected chi connectivity index (χ1v) is 5.78. The molecule has 0 aliphatic rings. The first kappa shape index (κ1) is 12.7. The molecule has 19 heavy (non-hydrogen) atoms. The van der Waals surface area contributed by atoms with Crippen LogP contribution in [-0.4, -0.2) is 5.91 Å². The van der Waals surface area contributed by atoms with Crippen LogP contribution in [0.15, 0.2) is 42.5 Å². The van der Waals surface area contributed by atoms with Crippen LogP contribution in [0.3, 0.4) is 0 Å². The summed E-state index contributed by atoms with van der Waals surface area (Å²) in [7, 11) is 0. The number of benzene rings is 2. The number of carbonyl (C=O) groups excluding carboxylic acids is 1. The van der Waals surface area contributed by atoms with E-state index in [-0.39, 0.29) is 5.91 Å². The van der Waals surface area contributed by atoms with Crippen molar-refractivity contribution >= 4 is 17.3 Å². The molecule has 2 aromatic rings. The van der Waals surface area contributed by atoms with Gasteiger partial charge in [0.1, 0.15) is 6.07 Å². The van der Waals surface area contributed by atoms with Crippen molar-refractivity contribution in [3.05, 3.63) is 59.2 Å². The van der Waals surface area contributed by atoms with E-state index < -0.39 is 0 Å². The summed E-state index contributed by atoms with van der Waals surface area (Å²) in [5.74, 6) is -0.283. The maximum absolute atomic E-state index is 12.1. The van der Waals surface area contributed by atoms with Gasteiger partial charge in [-0.25, -0.2) is 0 Å². The van der Waals surface area contributed by atoms with Crippen molar-refractivity contribution < 1.29 is 4.79 Å². The second-order valence-corrected chi connectivity index (χ2v) is 4.19. The summed E-state index contributed by atoms with van der Waals surface area (Å²) in [5, 5.41) is 11.8. The normalized spacial score (nSPS) is 9.68. The zero-order valence-electron chi connectivity index (χ0n) is 10.5. The van der Waals surface area contributed by atoms with Crippen LogP contribution in [0, 0.1) is 18.3 Å². The van der Waals surface area contributed by atoms with Gasteiger partial charge in [-0.2, -0.15) is 5.26 Å². The summed E-state index contributed by atoms with van der Waals surface area (Å²) < 4.78 is 0. The average Bonchev–Trinajstić information content (AvgIpc) is 2.39. The van der Waals surface area contributed by atoms with Crippen molar-refractivity contribution in [1.29, 1.82) is 5.26 Å². The summed E-state index contributed by atoms with van der Waals surface area (Å²) >= 11 is 0. The number of nitrogens with two attached hydrogens (primary N) is 1. The first-order chi connectivity index (χ1) is 9.11. The van der Waals surface area contributed by atoms with E-state index in [4.69, 9.17) is 11.0 Å². The fourth-order valence-electron chi connectivity index (χ4n) is 1.79. The van der Waals surface area contributed by atoms with Crippen molar-refractivity contribution in [3.8, 4) is 6.07 Å². The van der Waals surface area contributed by atoms with Gasteiger partial charge >= 0.3 is 0 Å². The van der Waals surface area contributed by atoms with Gasteiger partial charge in [-0.15, -0.1) is 0 Å². The number of hydrogen-bond donors (Lipinski definition) is 2. The van der Waals surface area contributed by atoms with E-state index in [0.29, 0.717) is 22.5 Å². The van der Waals surface area contributed by atoms with Gasteiger partial charge in [0, 0.05) is 11.3 Å². The maximum atomic E-state index is 12.1. The van der Waals surface area contributed by atoms with Crippen LogP contribution in [0.4, 0.5) is 11.4 Å². The third kappa shape index (κ3) is 2.72. The van der Waals surface area contributed by atoms with Gasteiger partial charge < -0.3 is 11.1 Å². The summed E-state index contributed by atoms with van der Waals surface area (Å²) in [6, 6.07) is 14.1. The molecule has 0 heterocycles. The number of nitrogens with zero attached hydrogens (tertiary/aromatic N) is 1. The SMILES string of the molecule is Cc1cccc(NC(=O)c2cccc(N)c2)c1C#N. The van der Waals surface area contributed by atoms with Gasteiger partial charge in [-0.05, 0) is 36.8 Å². The smallest absolute Gasteiger partial charge is 0.255 e. The minimum atomic E-state index is -0.283. The lowest BCUT2D eigenvalue weighted by atomic mass is 10.1. The van der Waals surface area contributed by atoms with Gasteiger partial charge in [-0.3, -0.25) is 4.79 Å². The summed E-state index contributed by atoms with van der Waals surface area (Å²) in [6.07, 6.45) is 0. The minimum Gasteiger partial charge on any atom is -0.399 e. The Bertz CT molecular complexity index is 671. The predicted molar refractivity (Wildman–Crippen MR) is 74.7 cm³/mol. The number of rotatable bonds is 2. The number of amides is 1. The van der Waals surface area contributed by atoms with Crippen LogP contribution in [0.2, 0.25) is 0 Å². The fraction of sp³-hybridized carbons (Fsp3) is 0.0667. The molecule has 0 saturated heterocycles. The van der Waals surface area contributed by atoms with Crippen LogP contribution >= 0.6 is 0 Å². The second-order valence-electron chi connectivity index (χ2n) is 4.19. The molecule has 3 N–H and O–H groups in total. The van der Waals surface area contributed by atoms with Gasteiger partial charge in [0.05, 0.1) is 11.3 Å². The van der Waals surface area contributed by atoms with Crippen molar-refractivity contribution in [1.82, 2.24) is 0 Å². The zero-order valence-corrected chi connectivity index (χ0v) is 10.5. The fourth-order valence-corrected chi connectivity index (χ4v) is 1.79. The molecule has 1 amide bonds. The molecule has 0 spiro atoms. The number of carbonyl (C=O) groups is 1. The van der Waals surface area contributed by atoms with Crippen LogP contribution in [-0.2, 0) is 0 Å². The Morgan fingerprint density at radius 3 is 2.68 bits per heavy atom. The zero-order chi connectivity index (χ0) is 13.8. The van der Waals surface area contributed by atoms with Gasteiger partial charge in [0.2, 0.25) is 0 Å². The number of nitrogens with one attached hydrogen (secondary N) is 1. The average molecular weight is 251 g/mol. The largest absolute Gasteiger partial charge is 0.399 e.